The normalized spacial score (nSPS) is 15.0. The predicted octanol–water partition coefficient (Wildman–Crippen LogP) is 8.36. The van der Waals surface area contributed by atoms with Crippen LogP contribution in [-0.2, 0) is 9.31 Å². The highest BCUT2D eigenvalue weighted by molar-refractivity contribution is 7.19. The maximum absolute atomic E-state index is 6.83. The van der Waals surface area contributed by atoms with Gasteiger partial charge in [-0.1, -0.05) is 182 Å². The second-order valence-electron chi connectivity index (χ2n) is 14.7. The van der Waals surface area contributed by atoms with Crippen molar-refractivity contribution >= 4 is 41.4 Å². The molecule has 7 aromatic rings. The van der Waals surface area contributed by atoms with Gasteiger partial charge in [0.1, 0.15) is 0 Å². The first-order valence-electron chi connectivity index (χ1n) is 18.2. The lowest BCUT2D eigenvalue weighted by molar-refractivity contribution is 0.00578. The fourth-order valence-corrected chi connectivity index (χ4v) is 12.6. The minimum Gasteiger partial charge on any atom is -0.399 e. The molecule has 0 radical (unpaired) electrons. The summed E-state index contributed by atoms with van der Waals surface area (Å²) < 4.78 is 13.7. The average molecular weight is 691 g/mol. The summed E-state index contributed by atoms with van der Waals surface area (Å²) in [6, 6.07) is 68.7. The first-order valence-corrected chi connectivity index (χ1v) is 20.2. The summed E-state index contributed by atoms with van der Waals surface area (Å²) in [5.41, 5.74) is 6.91. The van der Waals surface area contributed by atoms with Gasteiger partial charge in [-0.3, -0.25) is 0 Å². The van der Waals surface area contributed by atoms with E-state index in [1.807, 2.05) is 0 Å². The molecule has 0 atom stereocenters. The van der Waals surface area contributed by atoms with Gasteiger partial charge < -0.3 is 9.31 Å². The van der Waals surface area contributed by atoms with E-state index in [1.54, 1.807) is 0 Å². The zero-order valence-electron chi connectivity index (χ0n) is 30.3. The van der Waals surface area contributed by atoms with Crippen LogP contribution in [0.1, 0.15) is 27.7 Å². The monoisotopic (exact) mass is 690 g/mol. The Labute approximate surface area is 309 Å². The van der Waals surface area contributed by atoms with Gasteiger partial charge in [0.2, 0.25) is 0 Å². The molecular weight excluding hydrogens is 647 g/mol. The number of hydrogen-bond donors (Lipinski definition) is 0. The van der Waals surface area contributed by atoms with Gasteiger partial charge in [0.15, 0.2) is 8.07 Å². The summed E-state index contributed by atoms with van der Waals surface area (Å²) in [6.45, 7) is 8.51. The van der Waals surface area contributed by atoms with Gasteiger partial charge in [-0.05, 0) is 93.4 Å². The third-order valence-electron chi connectivity index (χ3n) is 11.1. The number of rotatable bonds is 8. The van der Waals surface area contributed by atoms with Crippen molar-refractivity contribution in [3.63, 3.8) is 0 Å². The molecule has 1 aliphatic rings. The van der Waals surface area contributed by atoms with Crippen LogP contribution in [0.25, 0.3) is 33.4 Å². The van der Waals surface area contributed by atoms with Crippen LogP contribution in [0.5, 0.6) is 0 Å². The van der Waals surface area contributed by atoms with Crippen molar-refractivity contribution < 1.29 is 9.31 Å². The van der Waals surface area contributed by atoms with Crippen LogP contribution in [0.15, 0.2) is 188 Å². The molecule has 2 nitrogen and oxygen atoms in total. The van der Waals surface area contributed by atoms with Crippen molar-refractivity contribution in [3.05, 3.63) is 188 Å². The first kappa shape index (κ1) is 33.9. The van der Waals surface area contributed by atoms with E-state index >= 15 is 0 Å². The molecule has 7 aromatic carbocycles. The molecule has 0 N–H and O–H groups in total. The van der Waals surface area contributed by atoms with Crippen LogP contribution in [0.3, 0.4) is 0 Å². The molecule has 0 aliphatic carbocycles. The highest BCUT2D eigenvalue weighted by Gasteiger charge is 2.52. The van der Waals surface area contributed by atoms with Gasteiger partial charge >= 0.3 is 7.12 Å². The van der Waals surface area contributed by atoms with Crippen molar-refractivity contribution in [1.82, 2.24) is 0 Å². The molecule has 52 heavy (non-hydrogen) atoms. The van der Waals surface area contributed by atoms with Crippen LogP contribution in [-0.4, -0.2) is 26.4 Å². The molecule has 254 valence electrons. The highest BCUT2D eigenvalue weighted by atomic mass is 28.3. The van der Waals surface area contributed by atoms with Crippen LogP contribution < -0.4 is 26.2 Å². The van der Waals surface area contributed by atoms with E-state index in [9.17, 15) is 0 Å². The molecule has 0 bridgehead atoms. The number of benzene rings is 7. The summed E-state index contributed by atoms with van der Waals surface area (Å²) in [5.74, 6) is 0. The van der Waals surface area contributed by atoms with E-state index in [0.717, 1.165) is 38.8 Å². The third kappa shape index (κ3) is 5.97. The van der Waals surface area contributed by atoms with E-state index in [0.29, 0.717) is 0 Å². The summed E-state index contributed by atoms with van der Waals surface area (Å²) in [4.78, 5) is 0. The Bertz CT molecular complexity index is 2180. The maximum Gasteiger partial charge on any atom is 0.495 e. The van der Waals surface area contributed by atoms with Crippen molar-refractivity contribution in [2.24, 2.45) is 0 Å². The molecule has 0 saturated carbocycles. The maximum atomic E-state index is 6.83. The summed E-state index contributed by atoms with van der Waals surface area (Å²) in [5, 5.41) is 5.38. The molecule has 1 aliphatic heterocycles. The first-order chi connectivity index (χ1) is 25.3. The van der Waals surface area contributed by atoms with E-state index in [4.69, 9.17) is 9.31 Å². The molecule has 0 spiro atoms. The van der Waals surface area contributed by atoms with Crippen molar-refractivity contribution in [2.45, 2.75) is 38.9 Å². The lowest BCUT2D eigenvalue weighted by Gasteiger charge is -2.34. The Morgan fingerprint density at radius 2 is 0.788 bits per heavy atom. The Balaban J connectivity index is 1.44. The fraction of sp³-hybridized carbons (Fsp3) is 0.125. The highest BCUT2D eigenvalue weighted by Crippen LogP contribution is 2.40. The minimum absolute atomic E-state index is 0.485. The quantitative estimate of drug-likeness (QED) is 0.118. The molecule has 1 saturated heterocycles. The second kappa shape index (κ2) is 13.7. The Hall–Kier alpha value is -5.26. The van der Waals surface area contributed by atoms with Gasteiger partial charge in [-0.2, -0.15) is 0 Å². The lowest BCUT2D eigenvalue weighted by atomic mass is 9.71. The molecular formula is C48H43BO2Si. The molecule has 0 aromatic heterocycles. The van der Waals surface area contributed by atoms with Crippen LogP contribution in [0.4, 0.5) is 0 Å². The van der Waals surface area contributed by atoms with Crippen molar-refractivity contribution in [3.8, 4) is 33.4 Å². The predicted molar refractivity (Wildman–Crippen MR) is 222 cm³/mol. The second-order valence-corrected chi connectivity index (χ2v) is 18.5. The summed E-state index contributed by atoms with van der Waals surface area (Å²) >= 11 is 0. The average Bonchev–Trinajstić information content (AvgIpc) is 3.42. The van der Waals surface area contributed by atoms with Gasteiger partial charge in [0, 0.05) is 0 Å². The zero-order valence-corrected chi connectivity index (χ0v) is 31.3. The van der Waals surface area contributed by atoms with Gasteiger partial charge in [0.25, 0.3) is 0 Å². The van der Waals surface area contributed by atoms with Crippen LogP contribution in [0.2, 0.25) is 0 Å². The zero-order chi connectivity index (χ0) is 35.8. The Morgan fingerprint density at radius 3 is 1.27 bits per heavy atom. The molecule has 1 fully saturated rings. The van der Waals surface area contributed by atoms with E-state index in [1.165, 1.54) is 20.7 Å². The summed E-state index contributed by atoms with van der Waals surface area (Å²) in [6.07, 6.45) is 0. The molecule has 1 heterocycles. The van der Waals surface area contributed by atoms with Gasteiger partial charge in [-0.15, -0.1) is 0 Å². The summed E-state index contributed by atoms with van der Waals surface area (Å²) in [7, 11) is -3.31. The van der Waals surface area contributed by atoms with E-state index in [2.05, 4.69) is 216 Å². The third-order valence-corrected chi connectivity index (χ3v) is 15.8. The fourth-order valence-electron chi connectivity index (χ4n) is 7.76. The minimum atomic E-state index is -2.77. The molecule has 8 rings (SSSR count). The molecule has 0 unspecified atom stereocenters. The van der Waals surface area contributed by atoms with Crippen molar-refractivity contribution in [1.29, 1.82) is 0 Å². The van der Waals surface area contributed by atoms with Crippen LogP contribution >= 0.6 is 0 Å². The van der Waals surface area contributed by atoms with E-state index < -0.39 is 26.4 Å². The van der Waals surface area contributed by atoms with Gasteiger partial charge in [-0.25, -0.2) is 0 Å². The molecule has 4 heteroatoms. The Morgan fingerprint density at radius 1 is 0.385 bits per heavy atom. The van der Waals surface area contributed by atoms with Crippen LogP contribution in [0, 0.1) is 0 Å². The van der Waals surface area contributed by atoms with E-state index in [-0.39, 0.29) is 0 Å². The largest absolute Gasteiger partial charge is 0.495 e. The van der Waals surface area contributed by atoms with Crippen molar-refractivity contribution in [2.75, 3.05) is 0 Å². The molecule has 0 amide bonds. The standard InChI is InChI=1S/C48H43BO2Si/c1-47(2)48(3,4)51-49(50-47)45-35-39(36-21-10-5-11-22-36)34-44(46(45)37-23-12-6-13-24-37)38-25-20-32-43(33-38)52(40-26-14-7-15-27-40,41-28-16-8-17-29-41)42-30-18-9-19-31-42/h5-35H,1-4H3. The smallest absolute Gasteiger partial charge is 0.399 e. The number of hydrogen-bond acceptors (Lipinski definition) is 2. The SMILES string of the molecule is CC1(C)OB(c2cc(-c3ccccc3)cc(-c3cccc([Si](c4ccccc4)(c4ccccc4)c4ccccc4)c3)c2-c2ccccc2)OC1(C)C. The van der Waals surface area contributed by atoms with Gasteiger partial charge in [0.05, 0.1) is 11.2 Å². The topological polar surface area (TPSA) is 18.5 Å². The Kier molecular flexibility index (Phi) is 8.92. The lowest BCUT2D eigenvalue weighted by Crippen LogP contribution is -2.74.